The molecule has 20 heavy (non-hydrogen) atoms. The van der Waals surface area contributed by atoms with E-state index in [0.29, 0.717) is 25.7 Å². The molecule has 6 heteroatoms. The highest BCUT2D eigenvalue weighted by Gasteiger charge is 2.45. The topological polar surface area (TPSA) is 78.9 Å². The third-order valence-corrected chi connectivity index (χ3v) is 3.96. The Kier molecular flexibility index (Phi) is 4.62. The Morgan fingerprint density at radius 2 is 2.15 bits per heavy atom. The van der Waals surface area contributed by atoms with Crippen molar-refractivity contribution in [1.29, 1.82) is 0 Å². The average molecular weight is 284 g/mol. The SMILES string of the molecule is CCC(C)C(=O)OCC(=O)OC1CCC2CC1OC2=O. The van der Waals surface area contributed by atoms with Crippen molar-refractivity contribution in [2.24, 2.45) is 11.8 Å². The monoisotopic (exact) mass is 284 g/mol. The summed E-state index contributed by atoms with van der Waals surface area (Å²) >= 11 is 0. The lowest BCUT2D eigenvalue weighted by atomic mass is 9.88. The lowest BCUT2D eigenvalue weighted by molar-refractivity contribution is -0.170. The summed E-state index contributed by atoms with van der Waals surface area (Å²) in [6, 6.07) is 0. The van der Waals surface area contributed by atoms with Crippen LogP contribution in [0.4, 0.5) is 0 Å². The molecule has 2 bridgehead atoms. The fourth-order valence-electron chi connectivity index (χ4n) is 2.46. The molecule has 112 valence electrons. The Morgan fingerprint density at radius 1 is 1.40 bits per heavy atom. The van der Waals surface area contributed by atoms with Crippen LogP contribution in [0.1, 0.15) is 39.5 Å². The van der Waals surface area contributed by atoms with E-state index in [-0.39, 0.29) is 30.5 Å². The van der Waals surface area contributed by atoms with Crippen molar-refractivity contribution in [3.8, 4) is 0 Å². The van der Waals surface area contributed by atoms with Gasteiger partial charge in [0.15, 0.2) is 6.61 Å². The molecule has 1 aliphatic heterocycles. The summed E-state index contributed by atoms with van der Waals surface area (Å²) in [5.41, 5.74) is 0. The van der Waals surface area contributed by atoms with Crippen LogP contribution in [0.3, 0.4) is 0 Å². The molecule has 1 aliphatic carbocycles. The molecule has 0 aromatic rings. The zero-order chi connectivity index (χ0) is 14.7. The van der Waals surface area contributed by atoms with Gasteiger partial charge < -0.3 is 14.2 Å². The number of fused-ring (bicyclic) bond motifs is 2. The Balaban J connectivity index is 1.75. The maximum absolute atomic E-state index is 11.6. The quantitative estimate of drug-likeness (QED) is 0.558. The molecular formula is C14H20O6. The summed E-state index contributed by atoms with van der Waals surface area (Å²) in [6.45, 7) is 3.23. The lowest BCUT2D eigenvalue weighted by Crippen LogP contribution is -2.35. The summed E-state index contributed by atoms with van der Waals surface area (Å²) in [5.74, 6) is -1.46. The van der Waals surface area contributed by atoms with Gasteiger partial charge in [0.2, 0.25) is 0 Å². The summed E-state index contributed by atoms with van der Waals surface area (Å²) in [4.78, 5) is 34.5. The van der Waals surface area contributed by atoms with Crippen LogP contribution in [0.2, 0.25) is 0 Å². The summed E-state index contributed by atoms with van der Waals surface area (Å²) < 4.78 is 15.3. The van der Waals surface area contributed by atoms with Crippen molar-refractivity contribution in [1.82, 2.24) is 0 Å². The van der Waals surface area contributed by atoms with E-state index in [1.165, 1.54) is 0 Å². The predicted molar refractivity (Wildman–Crippen MR) is 67.5 cm³/mol. The Bertz CT molecular complexity index is 404. The molecule has 4 atom stereocenters. The van der Waals surface area contributed by atoms with E-state index in [1.807, 2.05) is 6.92 Å². The summed E-state index contributed by atoms with van der Waals surface area (Å²) in [7, 11) is 0. The minimum absolute atomic E-state index is 0.0433. The number of carbonyl (C=O) groups is 3. The van der Waals surface area contributed by atoms with Gasteiger partial charge in [0.25, 0.3) is 0 Å². The van der Waals surface area contributed by atoms with Gasteiger partial charge in [-0.2, -0.15) is 0 Å². The molecule has 4 unspecified atom stereocenters. The Hall–Kier alpha value is -1.59. The van der Waals surface area contributed by atoms with Crippen LogP contribution in [0.25, 0.3) is 0 Å². The van der Waals surface area contributed by atoms with Crippen molar-refractivity contribution in [2.75, 3.05) is 6.61 Å². The van der Waals surface area contributed by atoms with E-state index in [0.717, 1.165) is 0 Å². The van der Waals surface area contributed by atoms with Gasteiger partial charge in [-0.05, 0) is 19.3 Å². The highest BCUT2D eigenvalue weighted by Crippen LogP contribution is 2.35. The van der Waals surface area contributed by atoms with E-state index in [4.69, 9.17) is 14.2 Å². The molecule has 1 saturated heterocycles. The molecule has 0 aromatic heterocycles. The number of hydrogen-bond donors (Lipinski definition) is 0. The molecule has 2 rings (SSSR count). The van der Waals surface area contributed by atoms with E-state index >= 15 is 0 Å². The van der Waals surface area contributed by atoms with Crippen LogP contribution >= 0.6 is 0 Å². The molecule has 2 aliphatic rings. The first kappa shape index (κ1) is 14.8. The first-order valence-electron chi connectivity index (χ1n) is 7.07. The largest absolute Gasteiger partial charge is 0.458 e. The molecule has 0 spiro atoms. The van der Waals surface area contributed by atoms with Gasteiger partial charge in [-0.1, -0.05) is 13.8 Å². The molecule has 0 aromatic carbocycles. The van der Waals surface area contributed by atoms with Crippen LogP contribution in [0, 0.1) is 11.8 Å². The summed E-state index contributed by atoms with van der Waals surface area (Å²) in [6.07, 6.45) is 1.83. The minimum atomic E-state index is -0.590. The number of carbonyl (C=O) groups excluding carboxylic acids is 3. The van der Waals surface area contributed by atoms with Gasteiger partial charge in [-0.15, -0.1) is 0 Å². The van der Waals surface area contributed by atoms with Crippen LogP contribution in [0.5, 0.6) is 0 Å². The predicted octanol–water partition coefficient (Wildman–Crippen LogP) is 1.21. The first-order chi connectivity index (χ1) is 9.51. The van der Waals surface area contributed by atoms with E-state index in [2.05, 4.69) is 0 Å². The second-order valence-electron chi connectivity index (χ2n) is 5.43. The van der Waals surface area contributed by atoms with Gasteiger partial charge in [0.05, 0.1) is 11.8 Å². The van der Waals surface area contributed by atoms with Gasteiger partial charge >= 0.3 is 17.9 Å². The summed E-state index contributed by atoms with van der Waals surface area (Å²) in [5, 5.41) is 0. The lowest BCUT2D eigenvalue weighted by Gasteiger charge is -2.25. The average Bonchev–Trinajstić information content (AvgIpc) is 2.74. The number of hydrogen-bond acceptors (Lipinski definition) is 6. The van der Waals surface area contributed by atoms with Gasteiger partial charge in [-0.25, -0.2) is 4.79 Å². The van der Waals surface area contributed by atoms with Gasteiger partial charge in [0, 0.05) is 6.42 Å². The van der Waals surface area contributed by atoms with Crippen molar-refractivity contribution in [3.05, 3.63) is 0 Å². The molecule has 1 saturated carbocycles. The van der Waals surface area contributed by atoms with Crippen molar-refractivity contribution < 1.29 is 28.6 Å². The fraction of sp³-hybridized carbons (Fsp3) is 0.786. The highest BCUT2D eigenvalue weighted by molar-refractivity contribution is 5.78. The van der Waals surface area contributed by atoms with E-state index in [9.17, 15) is 14.4 Å². The zero-order valence-corrected chi connectivity index (χ0v) is 11.8. The molecule has 2 fully saturated rings. The molecule has 6 nitrogen and oxygen atoms in total. The highest BCUT2D eigenvalue weighted by atomic mass is 16.6. The van der Waals surface area contributed by atoms with Crippen molar-refractivity contribution in [2.45, 2.75) is 51.7 Å². The maximum Gasteiger partial charge on any atom is 0.344 e. The van der Waals surface area contributed by atoms with E-state index < -0.39 is 18.0 Å². The van der Waals surface area contributed by atoms with Crippen LogP contribution in [-0.4, -0.2) is 36.7 Å². The van der Waals surface area contributed by atoms with Crippen LogP contribution < -0.4 is 0 Å². The van der Waals surface area contributed by atoms with Crippen molar-refractivity contribution >= 4 is 17.9 Å². The smallest absolute Gasteiger partial charge is 0.344 e. The molecule has 0 N–H and O–H groups in total. The first-order valence-corrected chi connectivity index (χ1v) is 7.07. The van der Waals surface area contributed by atoms with E-state index in [1.54, 1.807) is 6.92 Å². The maximum atomic E-state index is 11.6. The standard InChI is InChI=1S/C14H20O6/c1-3-8(2)13(16)18-7-12(15)19-10-5-4-9-6-11(10)20-14(9)17/h8-11H,3-7H2,1-2H3. The normalized spacial score (nSPS) is 29.5. The number of esters is 3. The van der Waals surface area contributed by atoms with Gasteiger partial charge in [-0.3, -0.25) is 9.59 Å². The zero-order valence-electron chi connectivity index (χ0n) is 11.8. The van der Waals surface area contributed by atoms with Crippen LogP contribution in [0.15, 0.2) is 0 Å². The molecular weight excluding hydrogens is 264 g/mol. The third-order valence-electron chi connectivity index (χ3n) is 3.96. The van der Waals surface area contributed by atoms with Crippen molar-refractivity contribution in [3.63, 3.8) is 0 Å². The Morgan fingerprint density at radius 3 is 2.85 bits per heavy atom. The Labute approximate surface area is 117 Å². The minimum Gasteiger partial charge on any atom is -0.458 e. The number of ether oxygens (including phenoxy) is 3. The molecule has 0 amide bonds. The third kappa shape index (κ3) is 3.29. The fourth-order valence-corrected chi connectivity index (χ4v) is 2.46. The molecule has 1 heterocycles. The van der Waals surface area contributed by atoms with Crippen LogP contribution in [-0.2, 0) is 28.6 Å². The second kappa shape index (κ2) is 6.24. The second-order valence-corrected chi connectivity index (χ2v) is 5.43. The number of rotatable bonds is 5. The van der Waals surface area contributed by atoms with Gasteiger partial charge in [0.1, 0.15) is 12.2 Å². The molecule has 0 radical (unpaired) electrons.